The van der Waals surface area contributed by atoms with Crippen LogP contribution in [0.5, 0.6) is 5.75 Å². The van der Waals surface area contributed by atoms with Crippen LogP contribution in [0.2, 0.25) is 0 Å². The third-order valence-electron chi connectivity index (χ3n) is 3.72. The summed E-state index contributed by atoms with van der Waals surface area (Å²) in [5, 5.41) is 14.7. The zero-order valence-corrected chi connectivity index (χ0v) is 12.6. The summed E-state index contributed by atoms with van der Waals surface area (Å²) in [4.78, 5) is 0. The number of aromatic nitrogens is 1. The molecule has 4 heteroatoms. The highest BCUT2D eigenvalue weighted by atomic mass is 16.5. The average Bonchev–Trinajstić information content (AvgIpc) is 2.96. The Bertz CT molecular complexity index is 751. The largest absolute Gasteiger partial charge is 0.495 e. The van der Waals surface area contributed by atoms with E-state index in [4.69, 9.17) is 4.74 Å². The van der Waals surface area contributed by atoms with Gasteiger partial charge in [0.05, 0.1) is 25.4 Å². The number of benzene rings is 2. The van der Waals surface area contributed by atoms with Gasteiger partial charge >= 0.3 is 0 Å². The summed E-state index contributed by atoms with van der Waals surface area (Å²) >= 11 is 0. The van der Waals surface area contributed by atoms with Gasteiger partial charge in [-0.15, -0.1) is 0 Å². The molecule has 0 amide bonds. The fourth-order valence-corrected chi connectivity index (χ4v) is 2.61. The maximum Gasteiger partial charge on any atom is 0.141 e. The number of fused-ring (bicyclic) bond motifs is 1. The molecule has 1 atom stereocenters. The van der Waals surface area contributed by atoms with Gasteiger partial charge in [-0.2, -0.15) is 0 Å². The summed E-state index contributed by atoms with van der Waals surface area (Å²) in [6.07, 6.45) is 1.53. The maximum atomic E-state index is 10.3. The minimum Gasteiger partial charge on any atom is -0.495 e. The highest BCUT2D eigenvalue weighted by molar-refractivity contribution is 5.79. The van der Waals surface area contributed by atoms with Gasteiger partial charge in [-0.05, 0) is 29.7 Å². The van der Waals surface area contributed by atoms with Gasteiger partial charge in [-0.25, -0.2) is 0 Å². The molecule has 0 fully saturated rings. The summed E-state index contributed by atoms with van der Waals surface area (Å²) < 4.78 is 7.37. The summed E-state index contributed by atoms with van der Waals surface area (Å²) in [5.74, 6) is 0.779. The van der Waals surface area contributed by atoms with Crippen molar-refractivity contribution in [2.45, 2.75) is 12.6 Å². The van der Waals surface area contributed by atoms with Crippen LogP contribution in [0, 0.1) is 0 Å². The molecule has 4 nitrogen and oxygen atoms in total. The first-order valence-electron chi connectivity index (χ1n) is 7.37. The first-order valence-corrected chi connectivity index (χ1v) is 7.37. The molecule has 0 aliphatic heterocycles. The predicted molar refractivity (Wildman–Crippen MR) is 89.4 cm³/mol. The first kappa shape index (κ1) is 14.5. The van der Waals surface area contributed by atoms with Crippen LogP contribution in [-0.2, 0) is 6.54 Å². The number of hydrogen-bond acceptors (Lipinski definition) is 3. The molecule has 0 radical (unpaired) electrons. The molecule has 0 spiro atoms. The quantitative estimate of drug-likeness (QED) is 0.734. The van der Waals surface area contributed by atoms with E-state index in [1.807, 2.05) is 42.6 Å². The summed E-state index contributed by atoms with van der Waals surface area (Å²) in [7, 11) is 1.64. The Hall–Kier alpha value is -2.46. The van der Waals surface area contributed by atoms with Crippen LogP contribution in [-0.4, -0.2) is 29.4 Å². The third-order valence-corrected chi connectivity index (χ3v) is 3.72. The lowest BCUT2D eigenvalue weighted by molar-refractivity contribution is 0.168. The summed E-state index contributed by atoms with van der Waals surface area (Å²) in [6, 6.07) is 17.9. The number of nitrogens with zero attached hydrogens (tertiary/aromatic N) is 1. The summed E-state index contributed by atoms with van der Waals surface area (Å²) in [6.45, 7) is 1.02. The standard InChI is InChI=1S/C18H20N2O2/c1-22-18-9-5-3-7-16(18)19-12-15(21)13-20-11-10-14-6-2-4-8-17(14)20/h2-11,15,19,21H,12-13H2,1H3/t15-/m1/s1. The second-order valence-corrected chi connectivity index (χ2v) is 5.26. The SMILES string of the molecule is COc1ccccc1NC[C@@H](O)Cn1ccc2ccccc21. The molecule has 1 aromatic heterocycles. The Morgan fingerprint density at radius 3 is 2.73 bits per heavy atom. The van der Waals surface area contributed by atoms with Crippen molar-refractivity contribution in [2.24, 2.45) is 0 Å². The molecule has 0 saturated carbocycles. The molecular weight excluding hydrogens is 276 g/mol. The molecule has 3 rings (SSSR count). The van der Waals surface area contributed by atoms with Crippen molar-refractivity contribution < 1.29 is 9.84 Å². The minimum absolute atomic E-state index is 0.465. The van der Waals surface area contributed by atoms with Crippen molar-refractivity contribution in [1.82, 2.24) is 4.57 Å². The Morgan fingerprint density at radius 1 is 1.09 bits per heavy atom. The smallest absolute Gasteiger partial charge is 0.141 e. The molecule has 0 aliphatic carbocycles. The van der Waals surface area contributed by atoms with Crippen LogP contribution in [0.25, 0.3) is 10.9 Å². The number of methoxy groups -OCH3 is 1. The van der Waals surface area contributed by atoms with Crippen molar-refractivity contribution in [3.8, 4) is 5.75 Å². The van der Waals surface area contributed by atoms with Crippen molar-refractivity contribution in [1.29, 1.82) is 0 Å². The second kappa shape index (κ2) is 6.54. The molecule has 0 aliphatic rings. The molecule has 2 aromatic carbocycles. The van der Waals surface area contributed by atoms with E-state index in [1.165, 1.54) is 5.39 Å². The molecule has 3 aromatic rings. The lowest BCUT2D eigenvalue weighted by Gasteiger charge is -2.16. The van der Waals surface area contributed by atoms with E-state index in [0.29, 0.717) is 13.1 Å². The Labute approximate surface area is 130 Å². The van der Waals surface area contributed by atoms with Crippen LogP contribution in [0.15, 0.2) is 60.8 Å². The van der Waals surface area contributed by atoms with Gasteiger partial charge in [0.1, 0.15) is 5.75 Å². The average molecular weight is 296 g/mol. The number of rotatable bonds is 6. The number of aliphatic hydroxyl groups is 1. The van der Waals surface area contributed by atoms with Gasteiger partial charge in [0.25, 0.3) is 0 Å². The maximum absolute atomic E-state index is 10.3. The van der Waals surface area contributed by atoms with E-state index in [2.05, 4.69) is 28.1 Å². The molecule has 0 saturated heterocycles. The number of ether oxygens (including phenoxy) is 1. The molecule has 0 unspecified atom stereocenters. The van der Waals surface area contributed by atoms with E-state index < -0.39 is 6.10 Å². The van der Waals surface area contributed by atoms with Crippen LogP contribution in [0.1, 0.15) is 0 Å². The van der Waals surface area contributed by atoms with Crippen molar-refractivity contribution >= 4 is 16.6 Å². The van der Waals surface area contributed by atoms with Crippen molar-refractivity contribution in [3.05, 3.63) is 60.8 Å². The van der Waals surface area contributed by atoms with Gasteiger partial charge < -0.3 is 19.7 Å². The second-order valence-electron chi connectivity index (χ2n) is 5.26. The van der Waals surface area contributed by atoms with Crippen LogP contribution >= 0.6 is 0 Å². The number of nitrogens with one attached hydrogen (secondary N) is 1. The Morgan fingerprint density at radius 2 is 1.86 bits per heavy atom. The number of anilines is 1. The first-order chi connectivity index (χ1) is 10.8. The van der Waals surface area contributed by atoms with Crippen LogP contribution in [0.4, 0.5) is 5.69 Å². The molecule has 114 valence electrons. The number of para-hydroxylation sites is 3. The topological polar surface area (TPSA) is 46.4 Å². The lowest BCUT2D eigenvalue weighted by Crippen LogP contribution is -2.24. The van der Waals surface area contributed by atoms with Gasteiger partial charge in [0, 0.05) is 18.3 Å². The normalized spacial score (nSPS) is 12.3. The molecular formula is C18H20N2O2. The fourth-order valence-electron chi connectivity index (χ4n) is 2.61. The van der Waals surface area contributed by atoms with Gasteiger partial charge in [-0.3, -0.25) is 0 Å². The molecule has 0 bridgehead atoms. The van der Waals surface area contributed by atoms with Crippen LogP contribution < -0.4 is 10.1 Å². The number of aliphatic hydroxyl groups excluding tert-OH is 1. The van der Waals surface area contributed by atoms with E-state index in [9.17, 15) is 5.11 Å². The highest BCUT2D eigenvalue weighted by Gasteiger charge is 2.09. The molecule has 1 heterocycles. The number of hydrogen-bond donors (Lipinski definition) is 2. The third kappa shape index (κ3) is 3.07. The molecule has 2 N–H and O–H groups in total. The van der Waals surface area contributed by atoms with E-state index in [1.54, 1.807) is 7.11 Å². The Balaban J connectivity index is 1.64. The van der Waals surface area contributed by atoms with Crippen molar-refractivity contribution in [2.75, 3.05) is 19.0 Å². The van der Waals surface area contributed by atoms with Gasteiger partial charge in [0.15, 0.2) is 0 Å². The van der Waals surface area contributed by atoms with E-state index >= 15 is 0 Å². The monoisotopic (exact) mass is 296 g/mol. The van der Waals surface area contributed by atoms with Crippen LogP contribution in [0.3, 0.4) is 0 Å². The van der Waals surface area contributed by atoms with E-state index in [0.717, 1.165) is 17.0 Å². The van der Waals surface area contributed by atoms with E-state index in [-0.39, 0.29) is 0 Å². The zero-order valence-electron chi connectivity index (χ0n) is 12.6. The highest BCUT2D eigenvalue weighted by Crippen LogP contribution is 2.23. The lowest BCUT2D eigenvalue weighted by atomic mass is 10.2. The van der Waals surface area contributed by atoms with Crippen molar-refractivity contribution in [3.63, 3.8) is 0 Å². The minimum atomic E-state index is -0.485. The molecule has 22 heavy (non-hydrogen) atoms. The Kier molecular flexibility index (Phi) is 4.30. The zero-order chi connectivity index (χ0) is 15.4. The predicted octanol–water partition coefficient (Wildman–Crippen LogP) is 3.12. The summed E-state index contributed by atoms with van der Waals surface area (Å²) in [5.41, 5.74) is 2.03. The van der Waals surface area contributed by atoms with Gasteiger partial charge in [0.2, 0.25) is 0 Å². The van der Waals surface area contributed by atoms with Gasteiger partial charge in [-0.1, -0.05) is 30.3 Å². The fraction of sp³-hybridized carbons (Fsp3) is 0.222.